The van der Waals surface area contributed by atoms with Crippen LogP contribution in [0.5, 0.6) is 0 Å². The summed E-state index contributed by atoms with van der Waals surface area (Å²) in [6, 6.07) is 5.50. The van der Waals surface area contributed by atoms with Gasteiger partial charge in [-0.2, -0.15) is 0 Å². The summed E-state index contributed by atoms with van der Waals surface area (Å²) in [5, 5.41) is 9.47. The minimum atomic E-state index is -0.859. The molecule has 0 fully saturated rings. The molecule has 0 atom stereocenters. The molecule has 0 saturated heterocycles. The fourth-order valence-corrected chi connectivity index (χ4v) is 3.15. The van der Waals surface area contributed by atoms with Gasteiger partial charge in [-0.3, -0.25) is 9.97 Å². The molecule has 0 aliphatic rings. The summed E-state index contributed by atoms with van der Waals surface area (Å²) < 4.78 is 0. The van der Waals surface area contributed by atoms with E-state index in [4.69, 9.17) is 0 Å². The molecule has 2 aromatic rings. The highest BCUT2D eigenvalue weighted by molar-refractivity contribution is 5.90. The van der Waals surface area contributed by atoms with Gasteiger partial charge in [0, 0.05) is 11.8 Å². The van der Waals surface area contributed by atoms with E-state index in [1.54, 1.807) is 12.3 Å². The van der Waals surface area contributed by atoms with Crippen molar-refractivity contribution in [2.75, 3.05) is 0 Å². The number of carboxylic acid groups (broad SMARTS) is 1. The molecular formula is C22H30N2O2. The predicted molar refractivity (Wildman–Crippen MR) is 106 cm³/mol. The number of benzene rings is 1. The molecule has 0 aliphatic heterocycles. The van der Waals surface area contributed by atoms with Gasteiger partial charge < -0.3 is 5.11 Å². The number of hydrogen-bond acceptors (Lipinski definition) is 3. The van der Waals surface area contributed by atoms with Gasteiger partial charge in [-0.25, -0.2) is 4.79 Å². The average Bonchev–Trinajstić information content (AvgIpc) is 2.65. The summed E-state index contributed by atoms with van der Waals surface area (Å²) in [6.45, 7) is 4.33. The normalized spacial score (nSPS) is 10.8. The van der Waals surface area contributed by atoms with Crippen LogP contribution < -0.4 is 0 Å². The fourth-order valence-electron chi connectivity index (χ4n) is 3.15. The molecule has 1 aromatic carbocycles. The summed E-state index contributed by atoms with van der Waals surface area (Å²) >= 11 is 0. The van der Waals surface area contributed by atoms with E-state index in [1.807, 2.05) is 18.3 Å². The van der Waals surface area contributed by atoms with Gasteiger partial charge in [-0.15, -0.1) is 0 Å². The van der Waals surface area contributed by atoms with Crippen LogP contribution >= 0.6 is 0 Å². The Morgan fingerprint density at radius 3 is 2.35 bits per heavy atom. The fraction of sp³-hybridized carbons (Fsp3) is 0.500. The van der Waals surface area contributed by atoms with Gasteiger partial charge in [0.05, 0.1) is 23.1 Å². The molecule has 1 N–H and O–H groups in total. The molecule has 0 bridgehead atoms. The van der Waals surface area contributed by atoms with E-state index in [2.05, 4.69) is 23.8 Å². The Morgan fingerprint density at radius 2 is 1.69 bits per heavy atom. The molecule has 4 heteroatoms. The largest absolute Gasteiger partial charge is 0.478 e. The van der Waals surface area contributed by atoms with Crippen molar-refractivity contribution in [2.45, 2.75) is 71.6 Å². The third-order valence-corrected chi connectivity index (χ3v) is 4.64. The zero-order valence-electron chi connectivity index (χ0n) is 16.0. The highest BCUT2D eigenvalue weighted by atomic mass is 16.4. The van der Waals surface area contributed by atoms with E-state index in [-0.39, 0.29) is 0 Å². The number of carboxylic acids is 1. The molecule has 4 nitrogen and oxygen atoms in total. The van der Waals surface area contributed by atoms with Crippen molar-refractivity contribution in [2.24, 2.45) is 0 Å². The zero-order valence-corrected chi connectivity index (χ0v) is 16.0. The van der Waals surface area contributed by atoms with Crippen LogP contribution in [0.4, 0.5) is 0 Å². The first kappa shape index (κ1) is 20.1. The smallest absolute Gasteiger partial charge is 0.335 e. The Bertz CT molecular complexity index is 696. The molecule has 1 aromatic heterocycles. The third-order valence-electron chi connectivity index (χ3n) is 4.64. The Hall–Kier alpha value is -2.23. The molecule has 0 radical (unpaired) electrons. The molecule has 0 saturated carbocycles. The molecule has 0 unspecified atom stereocenters. The van der Waals surface area contributed by atoms with Gasteiger partial charge in [0.1, 0.15) is 0 Å². The van der Waals surface area contributed by atoms with E-state index < -0.39 is 5.97 Å². The summed E-state index contributed by atoms with van der Waals surface area (Å²) in [6.07, 6.45) is 13.5. The Labute approximate surface area is 156 Å². The number of hydrogen-bond donors (Lipinski definition) is 1. The Morgan fingerprint density at radius 1 is 0.923 bits per heavy atom. The first-order chi connectivity index (χ1) is 12.7. The quantitative estimate of drug-likeness (QED) is 0.526. The highest BCUT2D eigenvalue weighted by Crippen LogP contribution is 2.23. The minimum absolute atomic E-state index is 0.401. The molecule has 0 aliphatic carbocycles. The standard InChI is InChI=1S/C22H30N2O2/c1-3-5-6-7-8-9-11-17-14-18(12-13-20(17)22(25)26)21-16-23-19(10-4-2)15-24-21/h12-16H,3-11H2,1-2H3,(H,25,26). The second kappa shape index (κ2) is 10.7. The van der Waals surface area contributed by atoms with Crippen molar-refractivity contribution in [1.29, 1.82) is 0 Å². The molecule has 140 valence electrons. The van der Waals surface area contributed by atoms with Crippen molar-refractivity contribution < 1.29 is 9.90 Å². The number of aryl methyl sites for hydroxylation is 2. The van der Waals surface area contributed by atoms with Gasteiger partial charge >= 0.3 is 5.97 Å². The summed E-state index contributed by atoms with van der Waals surface area (Å²) in [4.78, 5) is 20.5. The molecule has 0 amide bonds. The first-order valence-electron chi connectivity index (χ1n) is 9.83. The zero-order chi connectivity index (χ0) is 18.8. The van der Waals surface area contributed by atoms with Crippen LogP contribution in [0, 0.1) is 0 Å². The lowest BCUT2D eigenvalue weighted by molar-refractivity contribution is 0.0695. The molecule has 26 heavy (non-hydrogen) atoms. The minimum Gasteiger partial charge on any atom is -0.478 e. The lowest BCUT2D eigenvalue weighted by Gasteiger charge is -2.09. The third kappa shape index (κ3) is 5.94. The van der Waals surface area contributed by atoms with E-state index >= 15 is 0 Å². The maximum Gasteiger partial charge on any atom is 0.335 e. The van der Waals surface area contributed by atoms with E-state index in [0.29, 0.717) is 5.56 Å². The first-order valence-corrected chi connectivity index (χ1v) is 9.83. The van der Waals surface area contributed by atoms with Gasteiger partial charge in [0.15, 0.2) is 0 Å². The number of carbonyl (C=O) groups is 1. The maximum absolute atomic E-state index is 11.5. The van der Waals surface area contributed by atoms with Crippen molar-refractivity contribution in [3.63, 3.8) is 0 Å². The van der Waals surface area contributed by atoms with Gasteiger partial charge in [0.2, 0.25) is 0 Å². The predicted octanol–water partition coefficient (Wildman–Crippen LogP) is 5.70. The Kier molecular flexibility index (Phi) is 8.26. The molecular weight excluding hydrogens is 324 g/mol. The van der Waals surface area contributed by atoms with Crippen LogP contribution in [0.3, 0.4) is 0 Å². The van der Waals surface area contributed by atoms with Gasteiger partial charge in [-0.05, 0) is 37.0 Å². The Balaban J connectivity index is 2.10. The summed E-state index contributed by atoms with van der Waals surface area (Å²) in [5.41, 5.74) is 4.02. The lowest BCUT2D eigenvalue weighted by atomic mass is 9.97. The second-order valence-corrected chi connectivity index (χ2v) is 6.84. The topological polar surface area (TPSA) is 63.1 Å². The number of aromatic nitrogens is 2. The van der Waals surface area contributed by atoms with Crippen molar-refractivity contribution in [1.82, 2.24) is 9.97 Å². The summed E-state index contributed by atoms with van der Waals surface area (Å²) in [7, 11) is 0. The van der Waals surface area contributed by atoms with E-state index in [9.17, 15) is 9.90 Å². The van der Waals surface area contributed by atoms with Crippen LogP contribution in [0.25, 0.3) is 11.3 Å². The number of nitrogens with zero attached hydrogens (tertiary/aromatic N) is 2. The average molecular weight is 354 g/mol. The SMILES string of the molecule is CCCCCCCCc1cc(-c2cnc(CCC)cn2)ccc1C(=O)O. The van der Waals surface area contributed by atoms with Gasteiger partial charge in [-0.1, -0.05) is 58.4 Å². The van der Waals surface area contributed by atoms with E-state index in [1.165, 1.54) is 25.7 Å². The van der Waals surface area contributed by atoms with Crippen LogP contribution in [-0.2, 0) is 12.8 Å². The van der Waals surface area contributed by atoms with Crippen molar-refractivity contribution >= 4 is 5.97 Å². The lowest BCUT2D eigenvalue weighted by Crippen LogP contribution is -2.03. The molecule has 1 heterocycles. The highest BCUT2D eigenvalue weighted by Gasteiger charge is 2.12. The van der Waals surface area contributed by atoms with Crippen LogP contribution in [0.2, 0.25) is 0 Å². The molecule has 2 rings (SSSR count). The number of aromatic carboxylic acids is 1. The van der Waals surface area contributed by atoms with Crippen LogP contribution in [-0.4, -0.2) is 21.0 Å². The number of unbranched alkanes of at least 4 members (excludes halogenated alkanes) is 5. The monoisotopic (exact) mass is 354 g/mol. The maximum atomic E-state index is 11.5. The van der Waals surface area contributed by atoms with Crippen LogP contribution in [0.1, 0.15) is 80.4 Å². The second-order valence-electron chi connectivity index (χ2n) is 6.84. The van der Waals surface area contributed by atoms with Crippen molar-refractivity contribution in [3.8, 4) is 11.3 Å². The van der Waals surface area contributed by atoms with Gasteiger partial charge in [0.25, 0.3) is 0 Å². The number of rotatable bonds is 11. The van der Waals surface area contributed by atoms with Crippen LogP contribution in [0.15, 0.2) is 30.6 Å². The van der Waals surface area contributed by atoms with E-state index in [0.717, 1.165) is 54.6 Å². The molecule has 0 spiro atoms. The summed E-state index contributed by atoms with van der Waals surface area (Å²) in [5.74, 6) is -0.859. The van der Waals surface area contributed by atoms with Crippen molar-refractivity contribution in [3.05, 3.63) is 47.4 Å².